The van der Waals surface area contributed by atoms with Gasteiger partial charge in [0.25, 0.3) is 0 Å². The second-order valence-electron chi connectivity index (χ2n) is 6.64. The summed E-state index contributed by atoms with van der Waals surface area (Å²) in [5.41, 5.74) is 1.45. The van der Waals surface area contributed by atoms with Gasteiger partial charge in [-0.05, 0) is 56.3 Å². The summed E-state index contributed by atoms with van der Waals surface area (Å²) in [6.07, 6.45) is 5.20. The number of halogens is 2. The van der Waals surface area contributed by atoms with Crippen molar-refractivity contribution in [3.63, 3.8) is 0 Å². The Kier molecular flexibility index (Phi) is 5.18. The summed E-state index contributed by atoms with van der Waals surface area (Å²) in [6.45, 7) is 5.36. The molecule has 2 aliphatic heterocycles. The van der Waals surface area contributed by atoms with Crippen LogP contribution < -0.4 is 10.1 Å². The molecule has 0 aliphatic carbocycles. The summed E-state index contributed by atoms with van der Waals surface area (Å²) in [5, 5.41) is 4.95. The molecule has 2 aliphatic rings. The van der Waals surface area contributed by atoms with Gasteiger partial charge in [-0.3, -0.25) is 4.90 Å². The van der Waals surface area contributed by atoms with E-state index in [-0.39, 0.29) is 0 Å². The van der Waals surface area contributed by atoms with Crippen LogP contribution in [0.3, 0.4) is 0 Å². The Morgan fingerprint density at radius 1 is 1.23 bits per heavy atom. The Morgan fingerprint density at radius 3 is 2.73 bits per heavy atom. The van der Waals surface area contributed by atoms with Crippen molar-refractivity contribution in [1.29, 1.82) is 0 Å². The molecule has 2 fully saturated rings. The molecule has 1 spiro atoms. The first-order valence-electron chi connectivity index (χ1n) is 8.07. The topological polar surface area (TPSA) is 24.5 Å². The first-order chi connectivity index (χ1) is 10.6. The van der Waals surface area contributed by atoms with Crippen molar-refractivity contribution < 1.29 is 4.74 Å². The molecule has 0 amide bonds. The van der Waals surface area contributed by atoms with Gasteiger partial charge in [-0.2, -0.15) is 0 Å². The van der Waals surface area contributed by atoms with Gasteiger partial charge in [0.2, 0.25) is 0 Å². The molecular weight excluding hydrogens is 319 g/mol. The van der Waals surface area contributed by atoms with E-state index in [1.165, 1.54) is 25.7 Å². The number of nitrogens with zero attached hydrogens (tertiary/aromatic N) is 1. The van der Waals surface area contributed by atoms with Crippen LogP contribution in [0.2, 0.25) is 10.0 Å². The fourth-order valence-electron chi connectivity index (χ4n) is 3.99. The number of rotatable bonds is 3. The van der Waals surface area contributed by atoms with Crippen molar-refractivity contribution in [2.45, 2.75) is 32.2 Å². The Balaban J connectivity index is 1.77. The highest BCUT2D eigenvalue weighted by atomic mass is 35.5. The average Bonchev–Trinajstić information content (AvgIpc) is 2.52. The number of likely N-dealkylation sites (tertiary alicyclic amines) is 1. The lowest BCUT2D eigenvalue weighted by Crippen LogP contribution is -2.50. The van der Waals surface area contributed by atoms with Gasteiger partial charge in [0.05, 0.1) is 12.1 Å². The van der Waals surface area contributed by atoms with Crippen LogP contribution in [-0.4, -0.2) is 38.2 Å². The Hall–Kier alpha value is -0.480. The number of nitrogens with one attached hydrogen (secondary N) is 1. The number of hydrogen-bond donors (Lipinski definition) is 1. The normalized spacial score (nSPS) is 26.3. The summed E-state index contributed by atoms with van der Waals surface area (Å²) >= 11 is 12.6. The monoisotopic (exact) mass is 342 g/mol. The van der Waals surface area contributed by atoms with Gasteiger partial charge in [0.15, 0.2) is 0 Å². The van der Waals surface area contributed by atoms with E-state index in [1.807, 2.05) is 6.07 Å². The van der Waals surface area contributed by atoms with Crippen LogP contribution >= 0.6 is 23.2 Å². The van der Waals surface area contributed by atoms with E-state index in [0.717, 1.165) is 49.1 Å². The van der Waals surface area contributed by atoms with Crippen molar-refractivity contribution >= 4 is 23.2 Å². The Labute approximate surface area is 142 Å². The fraction of sp³-hybridized carbons (Fsp3) is 0.647. The third-order valence-electron chi connectivity index (χ3n) is 5.04. The predicted molar refractivity (Wildman–Crippen MR) is 92.1 cm³/mol. The molecular formula is C17H24Cl2N2O. The van der Waals surface area contributed by atoms with Crippen molar-refractivity contribution in [2.24, 2.45) is 5.41 Å². The van der Waals surface area contributed by atoms with E-state index >= 15 is 0 Å². The van der Waals surface area contributed by atoms with Crippen LogP contribution in [0.25, 0.3) is 0 Å². The summed E-state index contributed by atoms with van der Waals surface area (Å²) in [5.74, 6) is 0.718. The van der Waals surface area contributed by atoms with E-state index in [0.29, 0.717) is 10.4 Å². The van der Waals surface area contributed by atoms with E-state index in [9.17, 15) is 0 Å². The highest BCUT2D eigenvalue weighted by Gasteiger charge is 2.36. The molecule has 2 saturated heterocycles. The largest absolute Gasteiger partial charge is 0.495 e. The van der Waals surface area contributed by atoms with Crippen molar-refractivity contribution in [3.05, 3.63) is 27.7 Å². The van der Waals surface area contributed by atoms with Crippen molar-refractivity contribution in [3.8, 4) is 5.75 Å². The summed E-state index contributed by atoms with van der Waals surface area (Å²) in [6, 6.07) is 3.67. The maximum Gasteiger partial charge on any atom is 0.143 e. The minimum Gasteiger partial charge on any atom is -0.495 e. The summed E-state index contributed by atoms with van der Waals surface area (Å²) in [7, 11) is 1.66. The van der Waals surface area contributed by atoms with Crippen molar-refractivity contribution in [1.82, 2.24) is 10.2 Å². The molecule has 2 heterocycles. The lowest BCUT2D eigenvalue weighted by molar-refractivity contribution is 0.0596. The standard InChI is InChI=1S/C17H24Cl2N2O/c1-22-16-13(14(18)4-5-15(16)19)10-21-9-3-7-17(12-21)6-2-8-20-11-17/h4-5,20H,2-3,6-12H2,1H3. The molecule has 1 aromatic rings. The second kappa shape index (κ2) is 6.96. The van der Waals surface area contributed by atoms with Crippen LogP contribution in [0.5, 0.6) is 5.75 Å². The van der Waals surface area contributed by atoms with Gasteiger partial charge in [0.1, 0.15) is 5.75 Å². The van der Waals surface area contributed by atoms with Crippen LogP contribution in [0.4, 0.5) is 0 Å². The molecule has 0 radical (unpaired) electrons. The quantitative estimate of drug-likeness (QED) is 0.899. The zero-order chi connectivity index (χ0) is 15.6. The molecule has 1 unspecified atom stereocenters. The maximum absolute atomic E-state index is 6.40. The number of hydrogen-bond acceptors (Lipinski definition) is 3. The molecule has 5 heteroatoms. The lowest BCUT2D eigenvalue weighted by Gasteiger charge is -2.45. The van der Waals surface area contributed by atoms with Gasteiger partial charge in [0, 0.05) is 30.2 Å². The molecule has 1 atom stereocenters. The Morgan fingerprint density at radius 2 is 2.00 bits per heavy atom. The first kappa shape index (κ1) is 16.4. The minimum atomic E-state index is 0.439. The lowest BCUT2D eigenvalue weighted by atomic mass is 9.74. The van der Waals surface area contributed by atoms with E-state index in [4.69, 9.17) is 27.9 Å². The number of benzene rings is 1. The summed E-state index contributed by atoms with van der Waals surface area (Å²) in [4.78, 5) is 2.51. The highest BCUT2D eigenvalue weighted by Crippen LogP contribution is 2.39. The molecule has 3 nitrogen and oxygen atoms in total. The van der Waals surface area contributed by atoms with Crippen LogP contribution in [-0.2, 0) is 6.54 Å². The molecule has 1 N–H and O–H groups in total. The molecule has 22 heavy (non-hydrogen) atoms. The molecule has 0 saturated carbocycles. The van der Waals surface area contributed by atoms with Crippen LogP contribution in [0, 0.1) is 5.41 Å². The van der Waals surface area contributed by atoms with Gasteiger partial charge in [-0.25, -0.2) is 0 Å². The number of piperidine rings is 2. The third-order valence-corrected chi connectivity index (χ3v) is 5.69. The maximum atomic E-state index is 6.40. The van der Waals surface area contributed by atoms with E-state index in [1.54, 1.807) is 13.2 Å². The number of methoxy groups -OCH3 is 1. The highest BCUT2D eigenvalue weighted by molar-refractivity contribution is 6.34. The zero-order valence-electron chi connectivity index (χ0n) is 13.1. The van der Waals surface area contributed by atoms with Gasteiger partial charge in [-0.15, -0.1) is 0 Å². The molecule has 0 aromatic heterocycles. The molecule has 0 bridgehead atoms. The van der Waals surface area contributed by atoms with E-state index in [2.05, 4.69) is 10.2 Å². The van der Waals surface area contributed by atoms with Crippen LogP contribution in [0.1, 0.15) is 31.2 Å². The van der Waals surface area contributed by atoms with Crippen LogP contribution in [0.15, 0.2) is 12.1 Å². The Bertz CT molecular complexity index is 524. The van der Waals surface area contributed by atoms with Crippen molar-refractivity contribution in [2.75, 3.05) is 33.3 Å². The molecule has 122 valence electrons. The zero-order valence-corrected chi connectivity index (χ0v) is 14.6. The van der Waals surface area contributed by atoms with E-state index < -0.39 is 0 Å². The van der Waals surface area contributed by atoms with Gasteiger partial charge in [-0.1, -0.05) is 23.2 Å². The predicted octanol–water partition coefficient (Wildman–Crippen LogP) is 3.97. The summed E-state index contributed by atoms with van der Waals surface area (Å²) < 4.78 is 5.48. The first-order valence-corrected chi connectivity index (χ1v) is 8.83. The van der Waals surface area contributed by atoms with Gasteiger partial charge >= 0.3 is 0 Å². The molecule has 3 rings (SSSR count). The molecule has 1 aromatic carbocycles. The average molecular weight is 343 g/mol. The SMILES string of the molecule is COc1c(Cl)ccc(Cl)c1CN1CCCC2(CCCNC2)C1. The van der Waals surface area contributed by atoms with Gasteiger partial charge < -0.3 is 10.1 Å². The smallest absolute Gasteiger partial charge is 0.143 e. The third kappa shape index (κ3) is 3.38. The fourth-order valence-corrected chi connectivity index (χ4v) is 4.45. The number of ether oxygens (including phenoxy) is 1. The second-order valence-corrected chi connectivity index (χ2v) is 7.45. The minimum absolute atomic E-state index is 0.439.